The van der Waals surface area contributed by atoms with E-state index in [0.29, 0.717) is 11.3 Å². The van der Waals surface area contributed by atoms with Crippen LogP contribution in [0.2, 0.25) is 0 Å². The van der Waals surface area contributed by atoms with Gasteiger partial charge in [-0.2, -0.15) is 0 Å². The molecule has 1 N–H and O–H groups in total. The predicted molar refractivity (Wildman–Crippen MR) is 65.2 cm³/mol. The topological polar surface area (TPSA) is 55.4 Å². The van der Waals surface area contributed by atoms with Gasteiger partial charge in [0.2, 0.25) is 0 Å². The maximum absolute atomic E-state index is 11.3. The van der Waals surface area contributed by atoms with Crippen molar-refractivity contribution in [3.63, 3.8) is 0 Å². The Morgan fingerprint density at radius 3 is 2.29 bits per heavy atom. The number of hydrogen-bond donors (Lipinski definition) is 1. The third-order valence-electron chi connectivity index (χ3n) is 2.08. The quantitative estimate of drug-likeness (QED) is 0.792. The Bertz CT molecular complexity index is 396. The third kappa shape index (κ3) is 4.68. The molecule has 0 aliphatic heterocycles. The van der Waals surface area contributed by atoms with E-state index in [-0.39, 0.29) is 24.3 Å². The van der Waals surface area contributed by atoms with Gasteiger partial charge in [-0.25, -0.2) is 0 Å². The lowest BCUT2D eigenvalue weighted by Crippen LogP contribution is -2.34. The molecule has 1 rings (SSSR count). The summed E-state index contributed by atoms with van der Waals surface area (Å²) in [6, 6.07) is 6.82. The van der Waals surface area contributed by atoms with Gasteiger partial charge in [0.1, 0.15) is 5.75 Å². The second-order valence-electron chi connectivity index (χ2n) is 4.09. The van der Waals surface area contributed by atoms with E-state index in [4.69, 9.17) is 4.74 Å². The smallest absolute Gasteiger partial charge is 0.258 e. The van der Waals surface area contributed by atoms with Crippen molar-refractivity contribution in [1.29, 1.82) is 0 Å². The summed E-state index contributed by atoms with van der Waals surface area (Å²) >= 11 is 0. The zero-order valence-corrected chi connectivity index (χ0v) is 10.3. The first-order chi connectivity index (χ1) is 7.99. The van der Waals surface area contributed by atoms with E-state index in [1.165, 1.54) is 6.92 Å². The van der Waals surface area contributed by atoms with Crippen LogP contribution in [0.1, 0.15) is 31.1 Å². The zero-order chi connectivity index (χ0) is 12.8. The minimum Gasteiger partial charge on any atom is -0.484 e. The minimum atomic E-state index is -0.157. The average molecular weight is 235 g/mol. The van der Waals surface area contributed by atoms with Gasteiger partial charge < -0.3 is 10.1 Å². The fraction of sp³-hybridized carbons (Fsp3) is 0.385. The summed E-state index contributed by atoms with van der Waals surface area (Å²) in [6.45, 7) is 5.27. The molecule has 1 aromatic rings. The second kappa shape index (κ2) is 6.03. The molecule has 0 spiro atoms. The van der Waals surface area contributed by atoms with Crippen molar-refractivity contribution in [3.05, 3.63) is 29.8 Å². The van der Waals surface area contributed by atoms with Crippen LogP contribution in [0.25, 0.3) is 0 Å². The maximum atomic E-state index is 11.3. The highest BCUT2D eigenvalue weighted by atomic mass is 16.5. The maximum Gasteiger partial charge on any atom is 0.258 e. The fourth-order valence-corrected chi connectivity index (χ4v) is 1.30. The van der Waals surface area contributed by atoms with Gasteiger partial charge >= 0.3 is 0 Å². The molecule has 0 aromatic heterocycles. The number of ketones is 1. The van der Waals surface area contributed by atoms with Crippen molar-refractivity contribution in [2.45, 2.75) is 26.8 Å². The number of carbonyl (C=O) groups excluding carboxylic acids is 2. The lowest BCUT2D eigenvalue weighted by Gasteiger charge is -2.09. The molecule has 0 saturated carbocycles. The van der Waals surface area contributed by atoms with Crippen molar-refractivity contribution in [2.24, 2.45) is 0 Å². The Kier molecular flexibility index (Phi) is 4.69. The van der Waals surface area contributed by atoms with Gasteiger partial charge in [-0.15, -0.1) is 0 Å². The molecule has 0 heterocycles. The van der Waals surface area contributed by atoms with Crippen LogP contribution in [-0.2, 0) is 4.79 Å². The monoisotopic (exact) mass is 235 g/mol. The van der Waals surface area contributed by atoms with Crippen LogP contribution in [0, 0.1) is 0 Å². The lowest BCUT2D eigenvalue weighted by atomic mass is 10.1. The Hall–Kier alpha value is -1.84. The molecule has 0 fully saturated rings. The molecular formula is C13H17NO3. The molecule has 1 aromatic carbocycles. The number of amides is 1. The number of carbonyl (C=O) groups is 2. The molecule has 0 atom stereocenters. The molecule has 0 bridgehead atoms. The summed E-state index contributed by atoms with van der Waals surface area (Å²) in [5.41, 5.74) is 0.629. The van der Waals surface area contributed by atoms with Gasteiger partial charge in [0, 0.05) is 11.6 Å². The van der Waals surface area contributed by atoms with Crippen molar-refractivity contribution in [2.75, 3.05) is 6.61 Å². The predicted octanol–water partition coefficient (Wildman–Crippen LogP) is 1.79. The van der Waals surface area contributed by atoms with Crippen molar-refractivity contribution in [1.82, 2.24) is 5.32 Å². The van der Waals surface area contributed by atoms with Crippen molar-refractivity contribution in [3.8, 4) is 5.75 Å². The first kappa shape index (κ1) is 13.2. The fourth-order valence-electron chi connectivity index (χ4n) is 1.30. The minimum absolute atomic E-state index is 0.00843. The van der Waals surface area contributed by atoms with Gasteiger partial charge in [0.25, 0.3) is 5.91 Å². The molecule has 17 heavy (non-hydrogen) atoms. The SMILES string of the molecule is CC(=O)c1ccc(OCC(=O)NC(C)C)cc1. The number of benzene rings is 1. The van der Waals surface area contributed by atoms with Crippen LogP contribution in [0.4, 0.5) is 0 Å². The zero-order valence-electron chi connectivity index (χ0n) is 10.3. The van der Waals surface area contributed by atoms with E-state index < -0.39 is 0 Å². The summed E-state index contributed by atoms with van der Waals surface area (Å²) in [5.74, 6) is 0.429. The van der Waals surface area contributed by atoms with Gasteiger partial charge in [-0.1, -0.05) is 0 Å². The van der Waals surface area contributed by atoms with Crippen molar-refractivity contribution >= 4 is 11.7 Å². The standard InChI is InChI=1S/C13H17NO3/c1-9(2)14-13(16)8-17-12-6-4-11(5-7-12)10(3)15/h4-7,9H,8H2,1-3H3,(H,14,16). The Morgan fingerprint density at radius 2 is 1.82 bits per heavy atom. The van der Waals surface area contributed by atoms with Gasteiger partial charge in [-0.3, -0.25) is 9.59 Å². The Balaban J connectivity index is 2.47. The average Bonchev–Trinajstić information content (AvgIpc) is 2.26. The Morgan fingerprint density at radius 1 is 1.24 bits per heavy atom. The summed E-state index contributed by atoms with van der Waals surface area (Å²) in [7, 11) is 0. The lowest BCUT2D eigenvalue weighted by molar-refractivity contribution is -0.123. The van der Waals surface area contributed by atoms with Gasteiger partial charge in [0.15, 0.2) is 12.4 Å². The van der Waals surface area contributed by atoms with E-state index in [2.05, 4.69) is 5.32 Å². The molecule has 92 valence electrons. The van der Waals surface area contributed by atoms with E-state index in [1.807, 2.05) is 13.8 Å². The molecule has 0 aliphatic rings. The number of rotatable bonds is 5. The molecular weight excluding hydrogens is 218 g/mol. The largest absolute Gasteiger partial charge is 0.484 e. The van der Waals surface area contributed by atoms with Crippen molar-refractivity contribution < 1.29 is 14.3 Å². The summed E-state index contributed by atoms with van der Waals surface area (Å²) in [6.07, 6.45) is 0. The molecule has 1 amide bonds. The van der Waals surface area contributed by atoms with Crippen LogP contribution in [-0.4, -0.2) is 24.3 Å². The van der Waals surface area contributed by atoms with Crippen LogP contribution in [0.3, 0.4) is 0 Å². The van der Waals surface area contributed by atoms with Crippen LogP contribution < -0.4 is 10.1 Å². The summed E-state index contributed by atoms with van der Waals surface area (Å²) in [4.78, 5) is 22.4. The molecule has 0 aliphatic carbocycles. The Labute approximate surface area is 101 Å². The number of nitrogens with one attached hydrogen (secondary N) is 1. The normalized spacial score (nSPS) is 10.1. The third-order valence-corrected chi connectivity index (χ3v) is 2.08. The second-order valence-corrected chi connectivity index (χ2v) is 4.09. The molecule has 0 unspecified atom stereocenters. The van der Waals surface area contributed by atoms with Crippen LogP contribution in [0.5, 0.6) is 5.75 Å². The number of ether oxygens (including phenoxy) is 1. The first-order valence-electron chi connectivity index (χ1n) is 5.52. The molecule has 0 saturated heterocycles. The highest BCUT2D eigenvalue weighted by Gasteiger charge is 2.04. The molecule has 4 heteroatoms. The first-order valence-corrected chi connectivity index (χ1v) is 5.52. The highest BCUT2D eigenvalue weighted by Crippen LogP contribution is 2.12. The number of hydrogen-bond acceptors (Lipinski definition) is 3. The molecule has 0 radical (unpaired) electrons. The van der Waals surface area contributed by atoms with Crippen LogP contribution >= 0.6 is 0 Å². The van der Waals surface area contributed by atoms with E-state index in [0.717, 1.165) is 0 Å². The highest BCUT2D eigenvalue weighted by molar-refractivity contribution is 5.94. The number of Topliss-reactive ketones (excluding diaryl/α,β-unsaturated/α-hetero) is 1. The van der Waals surface area contributed by atoms with Crippen LogP contribution in [0.15, 0.2) is 24.3 Å². The van der Waals surface area contributed by atoms with Gasteiger partial charge in [0.05, 0.1) is 0 Å². The van der Waals surface area contributed by atoms with Gasteiger partial charge in [-0.05, 0) is 45.0 Å². The summed E-state index contributed by atoms with van der Waals surface area (Å²) < 4.78 is 5.28. The van der Waals surface area contributed by atoms with E-state index in [1.54, 1.807) is 24.3 Å². The van der Waals surface area contributed by atoms with E-state index in [9.17, 15) is 9.59 Å². The molecule has 4 nitrogen and oxygen atoms in total. The van der Waals surface area contributed by atoms with E-state index >= 15 is 0 Å². The summed E-state index contributed by atoms with van der Waals surface area (Å²) in [5, 5.41) is 2.72.